The van der Waals surface area contributed by atoms with Gasteiger partial charge in [-0.1, -0.05) is 38.1 Å². The first-order valence-electron chi connectivity index (χ1n) is 8.86. The molecule has 0 heterocycles. The minimum atomic E-state index is 0.661. The van der Waals surface area contributed by atoms with Crippen LogP contribution >= 0.6 is 0 Å². The topological polar surface area (TPSA) is 27.7 Å². The molecule has 3 rings (SSSR count). The molecule has 0 bridgehead atoms. The summed E-state index contributed by atoms with van der Waals surface area (Å²) in [4.78, 5) is 0. The van der Waals surface area contributed by atoms with Gasteiger partial charge >= 0.3 is 0 Å². The van der Waals surface area contributed by atoms with Crippen molar-refractivity contribution in [2.24, 2.45) is 0 Å². The number of para-hydroxylation sites is 1. The molecule has 0 fully saturated rings. The van der Waals surface area contributed by atoms with Gasteiger partial charge in [-0.2, -0.15) is 0 Å². The standard InChI is InChI=1S/C22H24O3/c1-3-12-23-20-11-10-17-15-21(24-13-4-2)22(16-18(17)14-20)25-19-8-6-5-7-9-19/h5-11,14-16H,3-4,12-13H2,1-2H3. The Hall–Kier alpha value is -2.68. The highest BCUT2D eigenvalue weighted by Crippen LogP contribution is 2.37. The van der Waals surface area contributed by atoms with E-state index in [0.29, 0.717) is 6.61 Å². The molecule has 25 heavy (non-hydrogen) atoms. The predicted octanol–water partition coefficient (Wildman–Crippen LogP) is 6.21. The van der Waals surface area contributed by atoms with Crippen molar-refractivity contribution in [2.75, 3.05) is 13.2 Å². The fourth-order valence-electron chi connectivity index (χ4n) is 2.56. The summed E-state index contributed by atoms with van der Waals surface area (Å²) in [7, 11) is 0. The van der Waals surface area contributed by atoms with E-state index < -0.39 is 0 Å². The molecule has 3 nitrogen and oxygen atoms in total. The molecule has 0 saturated carbocycles. The molecule has 3 aromatic rings. The van der Waals surface area contributed by atoms with E-state index >= 15 is 0 Å². The third-order valence-electron chi connectivity index (χ3n) is 3.78. The van der Waals surface area contributed by atoms with Gasteiger partial charge in [0.05, 0.1) is 13.2 Å². The Labute approximate surface area is 149 Å². The first-order valence-corrected chi connectivity index (χ1v) is 8.86. The van der Waals surface area contributed by atoms with Crippen molar-refractivity contribution in [3.63, 3.8) is 0 Å². The minimum Gasteiger partial charge on any atom is -0.494 e. The molecule has 0 atom stereocenters. The summed E-state index contributed by atoms with van der Waals surface area (Å²) in [6.07, 6.45) is 1.94. The lowest BCUT2D eigenvalue weighted by Gasteiger charge is -2.14. The first kappa shape index (κ1) is 17.2. The van der Waals surface area contributed by atoms with Gasteiger partial charge in [-0.25, -0.2) is 0 Å². The third kappa shape index (κ3) is 4.44. The zero-order valence-corrected chi connectivity index (χ0v) is 14.8. The van der Waals surface area contributed by atoms with Crippen molar-refractivity contribution in [2.45, 2.75) is 26.7 Å². The average molecular weight is 336 g/mol. The van der Waals surface area contributed by atoms with Crippen LogP contribution in [0.2, 0.25) is 0 Å². The third-order valence-corrected chi connectivity index (χ3v) is 3.78. The Bertz CT molecular complexity index is 812. The number of hydrogen-bond acceptors (Lipinski definition) is 3. The van der Waals surface area contributed by atoms with Gasteiger partial charge < -0.3 is 14.2 Å². The fraction of sp³-hybridized carbons (Fsp3) is 0.273. The maximum Gasteiger partial charge on any atom is 0.169 e. The second-order valence-electron chi connectivity index (χ2n) is 5.92. The molecule has 0 N–H and O–H groups in total. The van der Waals surface area contributed by atoms with Crippen molar-refractivity contribution in [3.05, 3.63) is 60.7 Å². The number of hydrogen-bond donors (Lipinski definition) is 0. The van der Waals surface area contributed by atoms with Gasteiger partial charge in [0.25, 0.3) is 0 Å². The highest BCUT2D eigenvalue weighted by Gasteiger charge is 2.10. The molecular weight excluding hydrogens is 312 g/mol. The fourth-order valence-corrected chi connectivity index (χ4v) is 2.56. The Morgan fingerprint density at radius 1 is 0.640 bits per heavy atom. The van der Waals surface area contributed by atoms with Crippen LogP contribution < -0.4 is 14.2 Å². The van der Waals surface area contributed by atoms with E-state index in [0.717, 1.165) is 53.2 Å². The Morgan fingerprint density at radius 3 is 2.12 bits per heavy atom. The molecule has 0 amide bonds. The zero-order chi connectivity index (χ0) is 17.5. The molecule has 0 aliphatic carbocycles. The van der Waals surface area contributed by atoms with Crippen molar-refractivity contribution in [1.82, 2.24) is 0 Å². The number of benzene rings is 3. The van der Waals surface area contributed by atoms with E-state index in [1.165, 1.54) is 0 Å². The molecule has 0 aromatic heterocycles. The Kier molecular flexibility index (Phi) is 5.78. The summed E-state index contributed by atoms with van der Waals surface area (Å²) in [5.41, 5.74) is 0. The van der Waals surface area contributed by atoms with Gasteiger partial charge in [-0.15, -0.1) is 0 Å². The van der Waals surface area contributed by atoms with E-state index in [2.05, 4.69) is 19.9 Å². The summed E-state index contributed by atoms with van der Waals surface area (Å²) in [6, 6.07) is 19.9. The first-order chi connectivity index (χ1) is 12.3. The number of ether oxygens (including phenoxy) is 3. The van der Waals surface area contributed by atoms with Crippen LogP contribution in [0.4, 0.5) is 0 Å². The van der Waals surface area contributed by atoms with Crippen LogP contribution in [0.3, 0.4) is 0 Å². The lowest BCUT2D eigenvalue weighted by Crippen LogP contribution is -1.98. The monoisotopic (exact) mass is 336 g/mol. The van der Waals surface area contributed by atoms with E-state index in [1.807, 2.05) is 54.6 Å². The SMILES string of the molecule is CCCOc1ccc2cc(OCCC)c(Oc3ccccc3)cc2c1. The van der Waals surface area contributed by atoms with Gasteiger partial charge in [0, 0.05) is 0 Å². The highest BCUT2D eigenvalue weighted by atomic mass is 16.5. The van der Waals surface area contributed by atoms with Gasteiger partial charge in [0.15, 0.2) is 11.5 Å². The van der Waals surface area contributed by atoms with Crippen molar-refractivity contribution in [3.8, 4) is 23.0 Å². The summed E-state index contributed by atoms with van der Waals surface area (Å²) < 4.78 is 17.7. The van der Waals surface area contributed by atoms with E-state index in [-0.39, 0.29) is 0 Å². The molecule has 0 spiro atoms. The summed E-state index contributed by atoms with van der Waals surface area (Å²) >= 11 is 0. The molecule has 0 aliphatic rings. The van der Waals surface area contributed by atoms with Crippen LogP contribution in [-0.2, 0) is 0 Å². The van der Waals surface area contributed by atoms with Gasteiger partial charge in [0.1, 0.15) is 11.5 Å². The maximum absolute atomic E-state index is 6.07. The largest absolute Gasteiger partial charge is 0.494 e. The lowest BCUT2D eigenvalue weighted by atomic mass is 10.1. The second kappa shape index (κ2) is 8.43. The summed E-state index contributed by atoms with van der Waals surface area (Å²) in [5, 5.41) is 2.18. The smallest absolute Gasteiger partial charge is 0.169 e. The van der Waals surface area contributed by atoms with Crippen LogP contribution in [0, 0.1) is 0 Å². The van der Waals surface area contributed by atoms with Gasteiger partial charge in [0.2, 0.25) is 0 Å². The molecule has 0 aliphatic heterocycles. The second-order valence-corrected chi connectivity index (χ2v) is 5.92. The summed E-state index contributed by atoms with van der Waals surface area (Å²) in [6.45, 7) is 5.57. The van der Waals surface area contributed by atoms with Crippen LogP contribution in [0.15, 0.2) is 60.7 Å². The summed E-state index contributed by atoms with van der Waals surface area (Å²) in [5.74, 6) is 3.16. The van der Waals surface area contributed by atoms with E-state index in [4.69, 9.17) is 14.2 Å². The predicted molar refractivity (Wildman–Crippen MR) is 102 cm³/mol. The average Bonchev–Trinajstić information content (AvgIpc) is 2.65. The molecule has 3 aromatic carbocycles. The van der Waals surface area contributed by atoms with Crippen LogP contribution in [-0.4, -0.2) is 13.2 Å². The number of fused-ring (bicyclic) bond motifs is 1. The van der Waals surface area contributed by atoms with E-state index in [9.17, 15) is 0 Å². The molecule has 0 unspecified atom stereocenters. The molecule has 0 saturated heterocycles. The maximum atomic E-state index is 6.07. The lowest BCUT2D eigenvalue weighted by molar-refractivity contribution is 0.302. The molecular formula is C22H24O3. The number of rotatable bonds is 8. The van der Waals surface area contributed by atoms with Gasteiger partial charge in [-0.3, -0.25) is 0 Å². The zero-order valence-electron chi connectivity index (χ0n) is 14.8. The van der Waals surface area contributed by atoms with Crippen LogP contribution in [0.25, 0.3) is 10.8 Å². The van der Waals surface area contributed by atoms with Crippen molar-refractivity contribution < 1.29 is 14.2 Å². The van der Waals surface area contributed by atoms with Crippen LogP contribution in [0.5, 0.6) is 23.0 Å². The normalized spacial score (nSPS) is 10.6. The Balaban J connectivity index is 1.97. The van der Waals surface area contributed by atoms with Gasteiger partial charge in [-0.05, 0) is 60.0 Å². The quantitative estimate of drug-likeness (QED) is 0.489. The minimum absolute atomic E-state index is 0.661. The van der Waals surface area contributed by atoms with Crippen molar-refractivity contribution >= 4 is 10.8 Å². The molecule has 130 valence electrons. The van der Waals surface area contributed by atoms with E-state index in [1.54, 1.807) is 0 Å². The van der Waals surface area contributed by atoms with Crippen molar-refractivity contribution in [1.29, 1.82) is 0 Å². The molecule has 0 radical (unpaired) electrons. The Morgan fingerprint density at radius 2 is 1.36 bits per heavy atom. The van der Waals surface area contributed by atoms with Crippen LogP contribution in [0.1, 0.15) is 26.7 Å². The molecule has 3 heteroatoms. The highest BCUT2D eigenvalue weighted by molar-refractivity contribution is 5.87.